The molecular formula is C20H25FIN5OS. The highest BCUT2D eigenvalue weighted by atomic mass is 127. The van der Waals surface area contributed by atoms with Gasteiger partial charge in [0, 0.05) is 18.9 Å². The van der Waals surface area contributed by atoms with Gasteiger partial charge in [-0.25, -0.2) is 14.4 Å². The molecule has 0 aliphatic carbocycles. The number of nitrogens with zero attached hydrogens (tertiary/aromatic N) is 3. The highest BCUT2D eigenvalue weighted by Crippen LogP contribution is 2.22. The van der Waals surface area contributed by atoms with Crippen molar-refractivity contribution in [2.45, 2.75) is 26.0 Å². The standard InChI is InChI=1S/C20H24FN5OS.HI/c1-3-23-19(25-13-20(2,27)16-6-9-28-12-16)24-11-15-4-5-18(17(21)10-15)26-8-7-22-14-26;/h4-10,12,14,27H,3,11,13H2,1-2H3,(H2,23,24,25);1H. The maximum absolute atomic E-state index is 14.4. The van der Waals surface area contributed by atoms with Gasteiger partial charge in [-0.05, 0) is 53.9 Å². The van der Waals surface area contributed by atoms with Gasteiger partial charge in [-0.3, -0.25) is 0 Å². The Kier molecular flexibility index (Phi) is 8.60. The molecule has 0 amide bonds. The summed E-state index contributed by atoms with van der Waals surface area (Å²) in [5.74, 6) is 0.237. The van der Waals surface area contributed by atoms with E-state index in [0.29, 0.717) is 31.3 Å². The van der Waals surface area contributed by atoms with Crippen LogP contribution in [-0.4, -0.2) is 33.7 Å². The quantitative estimate of drug-likeness (QED) is 0.248. The van der Waals surface area contributed by atoms with Crippen LogP contribution in [0.15, 0.2) is 58.7 Å². The summed E-state index contributed by atoms with van der Waals surface area (Å²) in [5.41, 5.74) is 1.05. The Bertz CT molecular complexity index is 913. The molecule has 3 rings (SSSR count). The number of aliphatic imine (C=N–C) groups is 1. The normalized spacial score (nSPS) is 13.4. The molecule has 29 heavy (non-hydrogen) atoms. The highest BCUT2D eigenvalue weighted by molar-refractivity contribution is 14.0. The molecule has 2 heterocycles. The van der Waals surface area contributed by atoms with Crippen molar-refractivity contribution in [1.82, 2.24) is 20.2 Å². The van der Waals surface area contributed by atoms with Gasteiger partial charge in [0.1, 0.15) is 11.4 Å². The SMILES string of the molecule is CCNC(=NCc1ccc(-n2ccnc2)c(F)c1)NCC(C)(O)c1ccsc1.I. The van der Waals surface area contributed by atoms with Gasteiger partial charge in [0.15, 0.2) is 5.96 Å². The van der Waals surface area contributed by atoms with Crippen LogP contribution >= 0.6 is 35.3 Å². The lowest BCUT2D eigenvalue weighted by atomic mass is 9.99. The fourth-order valence-electron chi connectivity index (χ4n) is 2.70. The number of hydrogen-bond acceptors (Lipinski definition) is 4. The highest BCUT2D eigenvalue weighted by Gasteiger charge is 2.23. The van der Waals surface area contributed by atoms with Gasteiger partial charge >= 0.3 is 0 Å². The fraction of sp³-hybridized carbons (Fsp3) is 0.300. The third-order valence-corrected chi connectivity index (χ3v) is 4.98. The molecule has 3 aromatic rings. The van der Waals surface area contributed by atoms with E-state index >= 15 is 0 Å². The maximum Gasteiger partial charge on any atom is 0.191 e. The van der Waals surface area contributed by atoms with Crippen LogP contribution in [0, 0.1) is 5.82 Å². The van der Waals surface area contributed by atoms with Crippen LogP contribution in [0.1, 0.15) is 25.0 Å². The van der Waals surface area contributed by atoms with E-state index < -0.39 is 5.60 Å². The van der Waals surface area contributed by atoms with Crippen LogP contribution in [0.3, 0.4) is 0 Å². The molecule has 0 radical (unpaired) electrons. The minimum absolute atomic E-state index is 0. The zero-order valence-corrected chi connectivity index (χ0v) is 19.4. The Hall–Kier alpha value is -1.98. The van der Waals surface area contributed by atoms with Crippen molar-refractivity contribution in [2.75, 3.05) is 13.1 Å². The van der Waals surface area contributed by atoms with Crippen LogP contribution in [0.5, 0.6) is 0 Å². The van der Waals surface area contributed by atoms with Crippen LogP contribution in [0.25, 0.3) is 5.69 Å². The molecule has 9 heteroatoms. The van der Waals surface area contributed by atoms with Gasteiger partial charge in [0.25, 0.3) is 0 Å². The first-order valence-corrected chi connectivity index (χ1v) is 9.98. The third kappa shape index (κ3) is 6.25. The molecule has 1 atom stereocenters. The van der Waals surface area contributed by atoms with Gasteiger partial charge in [-0.1, -0.05) is 6.07 Å². The molecule has 0 aliphatic rings. The topological polar surface area (TPSA) is 74.5 Å². The van der Waals surface area contributed by atoms with E-state index in [9.17, 15) is 9.50 Å². The van der Waals surface area contributed by atoms with Gasteiger partial charge < -0.3 is 20.3 Å². The predicted octanol–water partition coefficient (Wildman–Crippen LogP) is 3.65. The van der Waals surface area contributed by atoms with E-state index in [1.807, 2.05) is 29.8 Å². The Balaban J connectivity index is 0.00000300. The molecule has 0 aliphatic heterocycles. The molecule has 156 valence electrons. The molecule has 0 spiro atoms. The number of aromatic nitrogens is 2. The second kappa shape index (κ2) is 10.7. The summed E-state index contributed by atoms with van der Waals surface area (Å²) < 4.78 is 16.0. The number of thiophene rings is 1. The van der Waals surface area contributed by atoms with Gasteiger partial charge in [0.05, 0.1) is 25.1 Å². The smallest absolute Gasteiger partial charge is 0.191 e. The zero-order chi connectivity index (χ0) is 20.0. The molecule has 6 nitrogen and oxygen atoms in total. The Morgan fingerprint density at radius 3 is 2.79 bits per heavy atom. The van der Waals surface area contributed by atoms with Crippen molar-refractivity contribution in [3.63, 3.8) is 0 Å². The second-order valence-electron chi connectivity index (χ2n) is 6.59. The van der Waals surface area contributed by atoms with Crippen molar-refractivity contribution in [3.05, 3.63) is 70.7 Å². The van der Waals surface area contributed by atoms with Crippen LogP contribution in [0.2, 0.25) is 0 Å². The third-order valence-electron chi connectivity index (χ3n) is 4.30. The summed E-state index contributed by atoms with van der Waals surface area (Å²) in [6.07, 6.45) is 4.86. The second-order valence-corrected chi connectivity index (χ2v) is 7.37. The minimum atomic E-state index is -1.01. The Morgan fingerprint density at radius 2 is 2.17 bits per heavy atom. The van der Waals surface area contributed by atoms with Crippen LogP contribution < -0.4 is 10.6 Å². The monoisotopic (exact) mass is 529 g/mol. The lowest BCUT2D eigenvalue weighted by Crippen LogP contribution is -2.44. The summed E-state index contributed by atoms with van der Waals surface area (Å²) in [5, 5.41) is 20.8. The summed E-state index contributed by atoms with van der Waals surface area (Å²) in [6.45, 7) is 5.03. The average Bonchev–Trinajstić information content (AvgIpc) is 3.38. The van der Waals surface area contributed by atoms with Gasteiger partial charge in [-0.2, -0.15) is 11.3 Å². The largest absolute Gasteiger partial charge is 0.384 e. The van der Waals surface area contributed by atoms with Crippen LogP contribution in [0.4, 0.5) is 4.39 Å². The summed E-state index contributed by atoms with van der Waals surface area (Å²) >= 11 is 1.55. The van der Waals surface area contributed by atoms with Crippen molar-refractivity contribution < 1.29 is 9.50 Å². The number of rotatable bonds is 7. The van der Waals surface area contributed by atoms with Crippen molar-refractivity contribution >= 4 is 41.3 Å². The molecule has 1 aromatic carbocycles. The summed E-state index contributed by atoms with van der Waals surface area (Å²) in [6, 6.07) is 6.93. The Labute approximate surface area is 190 Å². The molecule has 3 N–H and O–H groups in total. The van der Waals surface area contributed by atoms with Crippen molar-refractivity contribution in [1.29, 1.82) is 0 Å². The first kappa shape index (κ1) is 23.3. The van der Waals surface area contributed by atoms with E-state index in [4.69, 9.17) is 0 Å². The average molecular weight is 529 g/mol. The predicted molar refractivity (Wildman–Crippen MR) is 126 cm³/mol. The molecule has 0 fully saturated rings. The lowest BCUT2D eigenvalue weighted by molar-refractivity contribution is 0.0621. The van der Waals surface area contributed by atoms with E-state index in [1.165, 1.54) is 6.07 Å². The first-order chi connectivity index (χ1) is 13.5. The fourth-order valence-corrected chi connectivity index (χ4v) is 3.48. The molecule has 1 unspecified atom stereocenters. The summed E-state index contributed by atoms with van der Waals surface area (Å²) in [7, 11) is 0. The summed E-state index contributed by atoms with van der Waals surface area (Å²) in [4.78, 5) is 8.44. The number of nitrogens with one attached hydrogen (secondary N) is 2. The Morgan fingerprint density at radius 1 is 1.34 bits per heavy atom. The molecule has 0 saturated carbocycles. The van der Waals surface area contributed by atoms with Crippen LogP contribution in [-0.2, 0) is 12.1 Å². The number of benzene rings is 1. The number of guanidine groups is 1. The van der Waals surface area contributed by atoms with Gasteiger partial charge in [-0.15, -0.1) is 24.0 Å². The molecular weight excluding hydrogens is 504 g/mol. The van der Waals surface area contributed by atoms with Crippen molar-refractivity contribution in [2.24, 2.45) is 4.99 Å². The number of hydrogen-bond donors (Lipinski definition) is 3. The van der Waals surface area contributed by atoms with Crippen molar-refractivity contribution in [3.8, 4) is 5.69 Å². The van der Waals surface area contributed by atoms with E-state index in [2.05, 4.69) is 20.6 Å². The molecule has 0 bridgehead atoms. The van der Waals surface area contributed by atoms with E-state index in [-0.39, 0.29) is 29.8 Å². The number of aliphatic hydroxyl groups is 1. The lowest BCUT2D eigenvalue weighted by Gasteiger charge is -2.24. The zero-order valence-electron chi connectivity index (χ0n) is 16.3. The number of halogens is 2. The molecule has 0 saturated heterocycles. The number of imidazole rings is 1. The maximum atomic E-state index is 14.4. The minimum Gasteiger partial charge on any atom is -0.384 e. The van der Waals surface area contributed by atoms with E-state index in [0.717, 1.165) is 11.1 Å². The first-order valence-electron chi connectivity index (χ1n) is 9.03. The molecule has 2 aromatic heterocycles. The van der Waals surface area contributed by atoms with E-state index in [1.54, 1.807) is 47.6 Å². The van der Waals surface area contributed by atoms with Gasteiger partial charge in [0.2, 0.25) is 0 Å².